The van der Waals surface area contributed by atoms with Gasteiger partial charge in [-0.1, -0.05) is 12.1 Å². The topological polar surface area (TPSA) is 102 Å². The number of carbonyl (C=O) groups excluding carboxylic acids is 1. The first-order valence-electron chi connectivity index (χ1n) is 9.49. The second kappa shape index (κ2) is 7.82. The molecule has 4 rings (SSSR count). The first-order valence-corrected chi connectivity index (χ1v) is 9.49. The van der Waals surface area contributed by atoms with Gasteiger partial charge in [-0.15, -0.1) is 0 Å². The number of ether oxygens (including phenoxy) is 1. The zero-order chi connectivity index (χ0) is 21.3. The van der Waals surface area contributed by atoms with Crippen molar-refractivity contribution in [3.8, 4) is 17.0 Å². The molecule has 0 saturated heterocycles. The summed E-state index contributed by atoms with van der Waals surface area (Å²) in [6, 6.07) is 14.1. The summed E-state index contributed by atoms with van der Waals surface area (Å²) in [5.41, 5.74) is 2.60. The summed E-state index contributed by atoms with van der Waals surface area (Å²) in [7, 11) is 1.58. The van der Waals surface area contributed by atoms with E-state index < -0.39 is 0 Å². The van der Waals surface area contributed by atoms with Gasteiger partial charge in [0.2, 0.25) is 0 Å². The van der Waals surface area contributed by atoms with Crippen molar-refractivity contribution < 1.29 is 9.53 Å². The highest BCUT2D eigenvalue weighted by molar-refractivity contribution is 6.04. The Kier molecular flexibility index (Phi) is 5.05. The Morgan fingerprint density at radius 1 is 1.17 bits per heavy atom. The van der Waals surface area contributed by atoms with Crippen molar-refractivity contribution in [2.75, 3.05) is 12.4 Å². The zero-order valence-corrected chi connectivity index (χ0v) is 16.8. The van der Waals surface area contributed by atoms with Crippen LogP contribution in [0.1, 0.15) is 30.4 Å². The molecule has 8 heteroatoms. The Morgan fingerprint density at radius 3 is 2.73 bits per heavy atom. The summed E-state index contributed by atoms with van der Waals surface area (Å²) in [5, 5.41) is 10.2. The van der Waals surface area contributed by atoms with Crippen molar-refractivity contribution in [3.63, 3.8) is 0 Å². The van der Waals surface area contributed by atoms with Gasteiger partial charge in [0.15, 0.2) is 0 Å². The number of anilines is 1. The number of carbonyl (C=O) groups is 1. The summed E-state index contributed by atoms with van der Waals surface area (Å²) in [6.45, 7) is 3.83. The van der Waals surface area contributed by atoms with E-state index >= 15 is 0 Å². The van der Waals surface area contributed by atoms with Crippen LogP contribution in [0.25, 0.3) is 22.2 Å². The maximum atomic E-state index is 12.7. The minimum atomic E-state index is -0.365. The SMILES string of the molecule is COc1ccccc1-c1cc(C(=O)Nc2ccc3ncn(C(C)C)c(=O)c3c2)[nH]n1. The van der Waals surface area contributed by atoms with Gasteiger partial charge < -0.3 is 10.1 Å². The third-order valence-corrected chi connectivity index (χ3v) is 4.80. The van der Waals surface area contributed by atoms with Gasteiger partial charge in [0.1, 0.15) is 11.4 Å². The lowest BCUT2D eigenvalue weighted by Gasteiger charge is -2.10. The van der Waals surface area contributed by atoms with Crippen LogP contribution in [0.2, 0.25) is 0 Å². The smallest absolute Gasteiger partial charge is 0.273 e. The van der Waals surface area contributed by atoms with Crippen molar-refractivity contribution >= 4 is 22.5 Å². The number of H-pyrrole nitrogens is 1. The number of fused-ring (bicyclic) bond motifs is 1. The monoisotopic (exact) mass is 403 g/mol. The van der Waals surface area contributed by atoms with Crippen LogP contribution >= 0.6 is 0 Å². The van der Waals surface area contributed by atoms with E-state index in [-0.39, 0.29) is 17.5 Å². The number of nitrogens with zero attached hydrogens (tertiary/aromatic N) is 3. The Labute approximate surface area is 172 Å². The number of aromatic nitrogens is 4. The number of amides is 1. The molecule has 0 atom stereocenters. The van der Waals surface area contributed by atoms with E-state index in [2.05, 4.69) is 20.5 Å². The number of hydrogen-bond acceptors (Lipinski definition) is 5. The van der Waals surface area contributed by atoms with Crippen LogP contribution in [0.3, 0.4) is 0 Å². The van der Waals surface area contributed by atoms with Gasteiger partial charge >= 0.3 is 0 Å². The lowest BCUT2D eigenvalue weighted by molar-refractivity contribution is 0.102. The Hall–Kier alpha value is -3.94. The van der Waals surface area contributed by atoms with E-state index in [1.807, 2.05) is 38.1 Å². The Morgan fingerprint density at radius 2 is 1.97 bits per heavy atom. The maximum absolute atomic E-state index is 12.7. The summed E-state index contributed by atoms with van der Waals surface area (Å²) in [4.78, 5) is 29.7. The van der Waals surface area contributed by atoms with E-state index in [4.69, 9.17) is 4.74 Å². The average molecular weight is 403 g/mol. The largest absolute Gasteiger partial charge is 0.496 e. The average Bonchev–Trinajstić information content (AvgIpc) is 3.24. The molecule has 0 unspecified atom stereocenters. The third kappa shape index (κ3) is 3.55. The first kappa shape index (κ1) is 19.4. The minimum Gasteiger partial charge on any atom is -0.496 e. The molecule has 30 heavy (non-hydrogen) atoms. The number of aromatic amines is 1. The zero-order valence-electron chi connectivity index (χ0n) is 16.8. The second-order valence-electron chi connectivity index (χ2n) is 7.10. The van der Waals surface area contributed by atoms with Gasteiger partial charge in [-0.2, -0.15) is 5.10 Å². The lowest BCUT2D eigenvalue weighted by atomic mass is 10.1. The fourth-order valence-corrected chi connectivity index (χ4v) is 3.21. The molecule has 0 bridgehead atoms. The van der Waals surface area contributed by atoms with Crippen molar-refractivity contribution in [3.05, 3.63) is 70.9 Å². The van der Waals surface area contributed by atoms with Gasteiger partial charge in [0, 0.05) is 17.3 Å². The number of nitrogens with one attached hydrogen (secondary N) is 2. The van der Waals surface area contributed by atoms with E-state index in [1.165, 1.54) is 6.33 Å². The van der Waals surface area contributed by atoms with Crippen LogP contribution in [-0.4, -0.2) is 32.8 Å². The molecular formula is C22H21N5O3. The standard InChI is InChI=1S/C22H21N5O3/c1-13(2)27-12-23-17-9-8-14(10-16(17)22(27)29)24-21(28)19-11-18(25-26-19)15-6-4-5-7-20(15)30-3/h4-13H,1-3H3,(H,24,28)(H,25,26). The van der Waals surface area contributed by atoms with Gasteiger partial charge in [-0.05, 0) is 50.2 Å². The van der Waals surface area contributed by atoms with Gasteiger partial charge in [-0.3, -0.25) is 19.3 Å². The van der Waals surface area contributed by atoms with Crippen LogP contribution in [0.15, 0.2) is 59.7 Å². The summed E-state index contributed by atoms with van der Waals surface area (Å²) < 4.78 is 6.91. The molecule has 0 radical (unpaired) electrons. The van der Waals surface area contributed by atoms with Crippen molar-refractivity contribution in [2.24, 2.45) is 0 Å². The Bertz CT molecular complexity index is 1290. The second-order valence-corrected chi connectivity index (χ2v) is 7.10. The molecule has 0 saturated carbocycles. The molecule has 2 N–H and O–H groups in total. The molecule has 0 aliphatic carbocycles. The van der Waals surface area contributed by atoms with Gasteiger partial charge in [-0.25, -0.2) is 4.98 Å². The van der Waals surface area contributed by atoms with Crippen LogP contribution < -0.4 is 15.6 Å². The maximum Gasteiger partial charge on any atom is 0.273 e. The van der Waals surface area contributed by atoms with Crippen molar-refractivity contribution in [1.82, 2.24) is 19.7 Å². The molecule has 0 aliphatic heterocycles. The molecule has 1 amide bonds. The molecular weight excluding hydrogens is 382 g/mol. The minimum absolute atomic E-state index is 0.00830. The summed E-state index contributed by atoms with van der Waals surface area (Å²) in [5.74, 6) is 0.301. The predicted molar refractivity (Wildman–Crippen MR) is 115 cm³/mol. The van der Waals surface area contributed by atoms with Crippen LogP contribution in [-0.2, 0) is 0 Å². The normalized spacial score (nSPS) is 11.1. The first-order chi connectivity index (χ1) is 14.5. The fraction of sp³-hybridized carbons (Fsp3) is 0.182. The highest BCUT2D eigenvalue weighted by atomic mass is 16.5. The van der Waals surface area contributed by atoms with E-state index in [0.29, 0.717) is 33.7 Å². The van der Waals surface area contributed by atoms with E-state index in [0.717, 1.165) is 5.56 Å². The highest BCUT2D eigenvalue weighted by Gasteiger charge is 2.15. The number of methoxy groups -OCH3 is 1. The Balaban J connectivity index is 1.61. The molecule has 0 aliphatic rings. The number of benzene rings is 2. The molecule has 0 spiro atoms. The molecule has 2 aromatic heterocycles. The molecule has 2 aromatic carbocycles. The molecule has 8 nitrogen and oxygen atoms in total. The number of hydrogen-bond donors (Lipinski definition) is 2. The highest BCUT2D eigenvalue weighted by Crippen LogP contribution is 2.28. The quantitative estimate of drug-likeness (QED) is 0.530. The fourth-order valence-electron chi connectivity index (χ4n) is 3.21. The van der Waals surface area contributed by atoms with E-state index in [1.54, 1.807) is 35.9 Å². The number of rotatable bonds is 5. The molecule has 2 heterocycles. The lowest BCUT2D eigenvalue weighted by Crippen LogP contribution is -2.22. The molecule has 0 fully saturated rings. The van der Waals surface area contributed by atoms with Gasteiger partial charge in [0.25, 0.3) is 11.5 Å². The summed E-state index contributed by atoms with van der Waals surface area (Å²) in [6.07, 6.45) is 1.54. The van der Waals surface area contributed by atoms with Crippen LogP contribution in [0.4, 0.5) is 5.69 Å². The predicted octanol–water partition coefficient (Wildman–Crippen LogP) is 3.63. The number of para-hydroxylation sites is 1. The molecule has 152 valence electrons. The summed E-state index contributed by atoms with van der Waals surface area (Å²) >= 11 is 0. The molecule has 4 aromatic rings. The third-order valence-electron chi connectivity index (χ3n) is 4.80. The van der Waals surface area contributed by atoms with E-state index in [9.17, 15) is 9.59 Å². The van der Waals surface area contributed by atoms with Gasteiger partial charge in [0.05, 0.1) is 30.0 Å². The van der Waals surface area contributed by atoms with Crippen molar-refractivity contribution in [2.45, 2.75) is 19.9 Å². The van der Waals surface area contributed by atoms with Crippen LogP contribution in [0, 0.1) is 0 Å². The van der Waals surface area contributed by atoms with Crippen LogP contribution in [0.5, 0.6) is 5.75 Å². The van der Waals surface area contributed by atoms with Crippen molar-refractivity contribution in [1.29, 1.82) is 0 Å².